The third-order valence-corrected chi connectivity index (χ3v) is 4.50. The van der Waals surface area contributed by atoms with Crippen LogP contribution in [0.15, 0.2) is 42.6 Å². The lowest BCUT2D eigenvalue weighted by Crippen LogP contribution is -2.18. The fraction of sp³-hybridized carbons (Fsp3) is 0.150. The number of amides is 1. The fourth-order valence-corrected chi connectivity index (χ4v) is 3.08. The normalized spacial score (nSPS) is 10.9. The van der Waals surface area contributed by atoms with Crippen molar-refractivity contribution in [3.05, 3.63) is 59.8 Å². The molecule has 0 unspecified atom stereocenters. The van der Waals surface area contributed by atoms with Gasteiger partial charge >= 0.3 is 6.09 Å². The summed E-state index contributed by atoms with van der Waals surface area (Å²) in [5, 5.41) is 6.58. The van der Waals surface area contributed by atoms with Gasteiger partial charge < -0.3 is 16.2 Å². The summed E-state index contributed by atoms with van der Waals surface area (Å²) in [6.07, 6.45) is 0.806. The molecule has 1 amide bonds. The van der Waals surface area contributed by atoms with Crippen molar-refractivity contribution in [2.45, 2.75) is 6.42 Å². The quantitative estimate of drug-likeness (QED) is 0.415. The predicted molar refractivity (Wildman–Crippen MR) is 113 cm³/mol. The van der Waals surface area contributed by atoms with Gasteiger partial charge in [0.1, 0.15) is 36.3 Å². The van der Waals surface area contributed by atoms with Crippen molar-refractivity contribution in [3.63, 3.8) is 0 Å². The zero-order valence-corrected chi connectivity index (χ0v) is 16.6. The molecule has 32 heavy (non-hydrogen) atoms. The van der Waals surface area contributed by atoms with Gasteiger partial charge in [-0.2, -0.15) is 5.10 Å². The molecule has 0 aliphatic carbocycles. The number of anilines is 3. The molecule has 0 aliphatic rings. The molecule has 1 aromatic carbocycles. The summed E-state index contributed by atoms with van der Waals surface area (Å²) in [5.74, 6) is -0.0799. The summed E-state index contributed by atoms with van der Waals surface area (Å²) in [7, 11) is 0. The van der Waals surface area contributed by atoms with Crippen LogP contribution in [0.5, 0.6) is 0 Å². The van der Waals surface area contributed by atoms with Gasteiger partial charge in [-0.15, -0.1) is 0 Å². The molecule has 0 spiro atoms. The van der Waals surface area contributed by atoms with Gasteiger partial charge in [0.05, 0.1) is 5.52 Å². The summed E-state index contributed by atoms with van der Waals surface area (Å²) >= 11 is 0. The summed E-state index contributed by atoms with van der Waals surface area (Å²) in [6.45, 7) is -1.24. The van der Waals surface area contributed by atoms with Gasteiger partial charge in [0.25, 0.3) is 0 Å². The zero-order chi connectivity index (χ0) is 22.7. The van der Waals surface area contributed by atoms with Crippen molar-refractivity contribution in [1.82, 2.24) is 24.6 Å². The van der Waals surface area contributed by atoms with Gasteiger partial charge in [0.2, 0.25) is 0 Å². The van der Waals surface area contributed by atoms with Crippen molar-refractivity contribution in [1.29, 1.82) is 0 Å². The lowest BCUT2D eigenvalue weighted by atomic mass is 10.1. The number of imidazole rings is 1. The van der Waals surface area contributed by atoms with Crippen molar-refractivity contribution in [2.24, 2.45) is 0 Å². The average molecular weight is 440 g/mol. The van der Waals surface area contributed by atoms with Crippen molar-refractivity contribution in [2.75, 3.05) is 30.1 Å². The van der Waals surface area contributed by atoms with Crippen molar-refractivity contribution < 1.29 is 18.3 Å². The van der Waals surface area contributed by atoms with Gasteiger partial charge in [-0.3, -0.25) is 5.32 Å². The molecule has 4 rings (SSSR count). The topological polar surface area (TPSA) is 146 Å². The van der Waals surface area contributed by atoms with E-state index < -0.39 is 19.4 Å². The van der Waals surface area contributed by atoms with Gasteiger partial charge in [0.15, 0.2) is 17.5 Å². The number of carbonyl (C=O) groups is 1. The highest BCUT2D eigenvalue weighted by Gasteiger charge is 2.20. The first kappa shape index (κ1) is 20.9. The number of halogens is 2. The Hall–Kier alpha value is -4.35. The Morgan fingerprint density at radius 2 is 1.84 bits per heavy atom. The molecular weight excluding hydrogens is 422 g/mol. The molecule has 10 nitrogen and oxygen atoms in total. The minimum atomic E-state index is -0.943. The number of hydrogen-bond donors (Lipinski definition) is 3. The largest absolute Gasteiger partial charge is 0.447 e. The second-order valence-corrected chi connectivity index (χ2v) is 6.61. The maximum atomic E-state index is 14.2. The number of alkyl halides is 1. The Morgan fingerprint density at radius 1 is 1.09 bits per heavy atom. The number of carbonyl (C=O) groups excluding carboxylic acids is 1. The number of fused-ring (bicyclic) bond motifs is 1. The number of rotatable bonds is 6. The van der Waals surface area contributed by atoms with E-state index in [9.17, 15) is 13.6 Å². The van der Waals surface area contributed by atoms with E-state index in [4.69, 9.17) is 11.5 Å². The standard InChI is InChI=1S/C20H18F2N8O2/c21-7-9-32-20(31)27-16-17(23)28-19(29-18(16)24)15-13-6-3-8-25-30(13)14(26-15)10-11-4-1-2-5-12(11)22/h1-6,8H,7,9-10H2,(H,27,31)(H4,23,24,28,29). The lowest BCUT2D eigenvalue weighted by Gasteiger charge is -2.10. The van der Waals surface area contributed by atoms with Crippen LogP contribution < -0.4 is 16.8 Å². The van der Waals surface area contributed by atoms with Crippen LogP contribution in [-0.2, 0) is 11.2 Å². The lowest BCUT2D eigenvalue weighted by molar-refractivity contribution is 0.152. The molecule has 0 saturated carbocycles. The first-order valence-electron chi connectivity index (χ1n) is 9.47. The van der Waals surface area contributed by atoms with Crippen LogP contribution in [0, 0.1) is 5.82 Å². The van der Waals surface area contributed by atoms with E-state index in [1.165, 1.54) is 6.07 Å². The molecule has 0 aliphatic heterocycles. The zero-order valence-electron chi connectivity index (χ0n) is 16.6. The minimum absolute atomic E-state index is 0.0640. The molecule has 3 aromatic heterocycles. The van der Waals surface area contributed by atoms with Crippen LogP contribution in [0.4, 0.5) is 30.9 Å². The number of benzene rings is 1. The van der Waals surface area contributed by atoms with Crippen molar-refractivity contribution >= 4 is 28.9 Å². The average Bonchev–Trinajstić information content (AvgIpc) is 3.15. The number of hydrogen-bond acceptors (Lipinski definition) is 8. The Kier molecular flexibility index (Phi) is 5.75. The highest BCUT2D eigenvalue weighted by Crippen LogP contribution is 2.29. The van der Waals surface area contributed by atoms with E-state index in [1.54, 1.807) is 41.0 Å². The Balaban J connectivity index is 1.72. The van der Waals surface area contributed by atoms with Gasteiger partial charge in [-0.25, -0.2) is 33.0 Å². The van der Waals surface area contributed by atoms with Crippen LogP contribution in [0.3, 0.4) is 0 Å². The van der Waals surface area contributed by atoms with Gasteiger partial charge in [-0.05, 0) is 23.8 Å². The second-order valence-electron chi connectivity index (χ2n) is 6.61. The van der Waals surface area contributed by atoms with E-state index in [0.717, 1.165) is 0 Å². The van der Waals surface area contributed by atoms with Gasteiger partial charge in [0, 0.05) is 12.6 Å². The first-order chi connectivity index (χ1) is 15.5. The summed E-state index contributed by atoms with van der Waals surface area (Å²) in [6, 6.07) is 9.82. The number of ether oxygens (including phenoxy) is 1. The van der Waals surface area contributed by atoms with Crippen LogP contribution in [0.1, 0.15) is 11.4 Å². The third kappa shape index (κ3) is 4.10. The molecule has 0 radical (unpaired) electrons. The monoisotopic (exact) mass is 440 g/mol. The van der Waals surface area contributed by atoms with E-state index in [0.29, 0.717) is 22.6 Å². The van der Waals surface area contributed by atoms with E-state index in [-0.39, 0.29) is 35.4 Å². The Labute approximate surface area is 180 Å². The smallest absolute Gasteiger partial charge is 0.411 e. The Bertz CT molecular complexity index is 1270. The van der Waals surface area contributed by atoms with Crippen LogP contribution in [0.25, 0.3) is 17.0 Å². The van der Waals surface area contributed by atoms with E-state index >= 15 is 0 Å². The summed E-state index contributed by atoms with van der Waals surface area (Å²) in [4.78, 5) is 24.6. The fourth-order valence-electron chi connectivity index (χ4n) is 3.08. The third-order valence-electron chi connectivity index (χ3n) is 4.50. The molecule has 12 heteroatoms. The predicted octanol–water partition coefficient (Wildman–Crippen LogP) is 2.60. The molecule has 4 aromatic rings. The number of nitrogens with zero attached hydrogens (tertiary/aromatic N) is 5. The van der Waals surface area contributed by atoms with Crippen LogP contribution in [-0.4, -0.2) is 43.9 Å². The van der Waals surface area contributed by atoms with Gasteiger partial charge in [-0.1, -0.05) is 18.2 Å². The molecule has 164 valence electrons. The number of aromatic nitrogens is 5. The maximum absolute atomic E-state index is 14.2. The molecule has 0 bridgehead atoms. The number of nitrogens with one attached hydrogen (secondary N) is 1. The molecular formula is C20H18F2N8O2. The Morgan fingerprint density at radius 3 is 2.56 bits per heavy atom. The molecule has 0 saturated heterocycles. The second kappa shape index (κ2) is 8.79. The van der Waals surface area contributed by atoms with Crippen LogP contribution in [0.2, 0.25) is 0 Å². The molecule has 5 N–H and O–H groups in total. The number of nitrogen functional groups attached to an aromatic ring is 2. The van der Waals surface area contributed by atoms with E-state index in [2.05, 4.69) is 30.1 Å². The summed E-state index contributed by atoms with van der Waals surface area (Å²) in [5.41, 5.74) is 13.2. The number of nitrogens with two attached hydrogens (primary N) is 2. The highest BCUT2D eigenvalue weighted by molar-refractivity contribution is 5.93. The van der Waals surface area contributed by atoms with Crippen molar-refractivity contribution in [3.8, 4) is 11.5 Å². The molecule has 3 heterocycles. The first-order valence-corrected chi connectivity index (χ1v) is 9.47. The molecule has 0 fully saturated rings. The SMILES string of the molecule is Nc1nc(-c2nc(Cc3ccccc3F)n3ncccc23)nc(N)c1NC(=O)OCCF. The van der Waals surface area contributed by atoms with Crippen LogP contribution >= 0.6 is 0 Å². The highest BCUT2D eigenvalue weighted by atomic mass is 19.1. The summed E-state index contributed by atoms with van der Waals surface area (Å²) < 4.78 is 32.5. The minimum Gasteiger partial charge on any atom is -0.447 e. The van der Waals surface area contributed by atoms with E-state index in [1.807, 2.05) is 0 Å². The maximum Gasteiger partial charge on any atom is 0.411 e. The molecule has 0 atom stereocenters.